The van der Waals surface area contributed by atoms with Crippen LogP contribution in [-0.2, 0) is 65.4 Å². The van der Waals surface area contributed by atoms with Crippen LogP contribution in [0.1, 0.15) is 388 Å². The topological polar surface area (TPSA) is 237 Å². The van der Waals surface area contributed by atoms with Gasteiger partial charge in [0.1, 0.15) is 19.3 Å². The summed E-state index contributed by atoms with van der Waals surface area (Å²) in [5, 5.41) is 10.6. The number of rotatable bonds is 74. The lowest BCUT2D eigenvalue weighted by molar-refractivity contribution is -0.161. The number of unbranched alkanes of at least 4 members (excludes halogenated alkanes) is 43. The molecule has 3 N–H and O–H groups in total. The molecule has 0 saturated heterocycles. The molecule has 558 valence electrons. The SMILES string of the molecule is CCCCCCCCCCCCCCCCCCC(=O)OC[C@H](COP(=O)(O)OC[C@@H](O)COP(=O)(O)OC[C@@H](COC(=O)CCCCCCC)OC(=O)CCCCCCCCCCC(C)C)OC(=O)CCCCCCCCCCCCCCCCCCCCC(C)CC. The number of hydrogen-bond acceptors (Lipinski definition) is 15. The molecule has 19 heteroatoms. The average Bonchev–Trinajstić information content (AvgIpc) is 1.60. The Morgan fingerprint density at radius 1 is 0.309 bits per heavy atom. The van der Waals surface area contributed by atoms with Crippen LogP contribution < -0.4 is 0 Å². The van der Waals surface area contributed by atoms with E-state index in [1.54, 1.807) is 0 Å². The molecule has 0 bridgehead atoms. The molecule has 0 amide bonds. The van der Waals surface area contributed by atoms with E-state index in [9.17, 15) is 43.2 Å². The minimum absolute atomic E-state index is 0.104. The number of carbonyl (C=O) groups excluding carboxylic acids is 4. The van der Waals surface area contributed by atoms with Crippen molar-refractivity contribution in [3.05, 3.63) is 0 Å². The standard InChI is InChI=1S/C75H146O17P2/c1-7-10-12-14-15-16-17-18-19-25-28-31-34-40-46-52-58-73(78)86-64-71(92-74(79)59-53-47-41-35-32-29-26-23-21-20-22-24-27-30-33-39-45-50-56-68(6)9-3)66-90-94(83,84)88-62-69(76)61-87-93(81,82)89-65-70(63-85-72(77)57-51-43-13-11-8-2)91-75(80)60-54-48-42-37-36-38-44-49-55-67(4)5/h67-71,76H,7-66H2,1-6H3,(H,81,82)(H,83,84)/t68?,69-,70+,71+/m0/s1. The zero-order valence-corrected chi connectivity index (χ0v) is 63.1. The lowest BCUT2D eigenvalue weighted by Gasteiger charge is -2.21. The van der Waals surface area contributed by atoms with E-state index in [1.807, 2.05) is 0 Å². The highest BCUT2D eigenvalue weighted by molar-refractivity contribution is 7.47. The van der Waals surface area contributed by atoms with Gasteiger partial charge in [-0.05, 0) is 37.5 Å². The summed E-state index contributed by atoms with van der Waals surface area (Å²) < 4.78 is 68.2. The second-order valence-electron chi connectivity index (χ2n) is 27.8. The molecule has 0 aromatic rings. The maximum absolute atomic E-state index is 13.1. The molecular weight excluding hydrogens is 1230 g/mol. The molecule has 0 aromatic heterocycles. The zero-order chi connectivity index (χ0) is 69.3. The molecule has 0 aliphatic carbocycles. The summed E-state index contributed by atoms with van der Waals surface area (Å²) in [4.78, 5) is 72.4. The summed E-state index contributed by atoms with van der Waals surface area (Å²) in [5.41, 5.74) is 0. The molecule has 94 heavy (non-hydrogen) atoms. The molecule has 0 heterocycles. The van der Waals surface area contributed by atoms with Gasteiger partial charge in [-0.25, -0.2) is 9.13 Å². The number of ether oxygens (including phenoxy) is 4. The number of carbonyl (C=O) groups is 4. The van der Waals surface area contributed by atoms with Crippen LogP contribution in [0, 0.1) is 11.8 Å². The van der Waals surface area contributed by atoms with Crippen molar-refractivity contribution in [3.8, 4) is 0 Å². The Morgan fingerprint density at radius 2 is 0.543 bits per heavy atom. The molecule has 0 aliphatic heterocycles. The van der Waals surface area contributed by atoms with E-state index in [2.05, 4.69) is 41.5 Å². The summed E-state index contributed by atoms with van der Waals surface area (Å²) in [5.74, 6) is -0.541. The van der Waals surface area contributed by atoms with Crippen molar-refractivity contribution in [2.75, 3.05) is 39.6 Å². The number of hydrogen-bond donors (Lipinski definition) is 3. The Hall–Kier alpha value is -1.94. The maximum atomic E-state index is 13.1. The Bertz CT molecular complexity index is 1820. The van der Waals surface area contributed by atoms with Crippen LogP contribution in [0.3, 0.4) is 0 Å². The van der Waals surface area contributed by atoms with Crippen LogP contribution in [0.25, 0.3) is 0 Å². The third-order valence-corrected chi connectivity index (χ3v) is 19.7. The van der Waals surface area contributed by atoms with Crippen LogP contribution in [0.15, 0.2) is 0 Å². The van der Waals surface area contributed by atoms with E-state index in [-0.39, 0.29) is 25.7 Å². The molecule has 0 spiro atoms. The number of aliphatic hydroxyl groups excluding tert-OH is 1. The largest absolute Gasteiger partial charge is 0.472 e. The van der Waals surface area contributed by atoms with Gasteiger partial charge in [0.15, 0.2) is 12.2 Å². The highest BCUT2D eigenvalue weighted by Crippen LogP contribution is 2.45. The van der Waals surface area contributed by atoms with E-state index >= 15 is 0 Å². The highest BCUT2D eigenvalue weighted by atomic mass is 31.2. The lowest BCUT2D eigenvalue weighted by Crippen LogP contribution is -2.30. The molecule has 0 aromatic carbocycles. The van der Waals surface area contributed by atoms with Gasteiger partial charge in [0.25, 0.3) is 0 Å². The molecule has 0 fully saturated rings. The van der Waals surface area contributed by atoms with Gasteiger partial charge in [0, 0.05) is 25.7 Å². The van der Waals surface area contributed by atoms with E-state index in [4.69, 9.17) is 37.0 Å². The van der Waals surface area contributed by atoms with Gasteiger partial charge in [0.05, 0.1) is 26.4 Å². The monoisotopic (exact) mass is 1380 g/mol. The molecule has 0 radical (unpaired) electrons. The summed E-state index contributed by atoms with van der Waals surface area (Å²) in [7, 11) is -9.90. The first-order valence-electron chi connectivity index (χ1n) is 39.0. The smallest absolute Gasteiger partial charge is 0.462 e. The van der Waals surface area contributed by atoms with Crippen LogP contribution in [0.5, 0.6) is 0 Å². The Morgan fingerprint density at radius 3 is 0.809 bits per heavy atom. The van der Waals surface area contributed by atoms with E-state index in [1.165, 1.54) is 199 Å². The second kappa shape index (κ2) is 66.9. The van der Waals surface area contributed by atoms with E-state index in [0.29, 0.717) is 25.7 Å². The van der Waals surface area contributed by atoms with Gasteiger partial charge in [-0.15, -0.1) is 0 Å². The molecule has 6 atom stereocenters. The van der Waals surface area contributed by atoms with Crippen LogP contribution in [-0.4, -0.2) is 96.7 Å². The van der Waals surface area contributed by atoms with Crippen molar-refractivity contribution in [2.45, 2.75) is 407 Å². The highest BCUT2D eigenvalue weighted by Gasteiger charge is 2.30. The average molecular weight is 1380 g/mol. The van der Waals surface area contributed by atoms with Crippen molar-refractivity contribution in [1.29, 1.82) is 0 Å². The molecule has 0 aliphatic rings. The van der Waals surface area contributed by atoms with Gasteiger partial charge in [0.2, 0.25) is 0 Å². The number of phosphoric ester groups is 2. The summed E-state index contributed by atoms with van der Waals surface area (Å²) in [6, 6.07) is 0. The molecule has 0 rings (SSSR count). The number of esters is 4. The van der Waals surface area contributed by atoms with E-state index in [0.717, 1.165) is 108 Å². The van der Waals surface area contributed by atoms with Gasteiger partial charge in [-0.2, -0.15) is 0 Å². The van der Waals surface area contributed by atoms with Gasteiger partial charge in [-0.3, -0.25) is 37.3 Å². The van der Waals surface area contributed by atoms with E-state index < -0.39 is 97.5 Å². The van der Waals surface area contributed by atoms with Crippen LogP contribution >= 0.6 is 15.6 Å². The molecule has 3 unspecified atom stereocenters. The lowest BCUT2D eigenvalue weighted by atomic mass is 9.99. The number of aliphatic hydroxyl groups is 1. The van der Waals surface area contributed by atoms with Gasteiger partial charge >= 0.3 is 39.5 Å². The fourth-order valence-electron chi connectivity index (χ4n) is 11.4. The van der Waals surface area contributed by atoms with Crippen molar-refractivity contribution < 1.29 is 80.2 Å². The first-order chi connectivity index (χ1) is 45.4. The normalized spacial score (nSPS) is 14.3. The first-order valence-corrected chi connectivity index (χ1v) is 42.0. The third-order valence-electron chi connectivity index (χ3n) is 17.8. The Balaban J connectivity index is 5.11. The number of phosphoric acid groups is 2. The zero-order valence-electron chi connectivity index (χ0n) is 61.3. The molecular formula is C75H146O17P2. The Kier molecular flexibility index (Phi) is 65.5. The minimum Gasteiger partial charge on any atom is -0.462 e. The fraction of sp³-hybridized carbons (Fsp3) is 0.947. The summed E-state index contributed by atoms with van der Waals surface area (Å²) in [6.45, 7) is 9.52. The summed E-state index contributed by atoms with van der Waals surface area (Å²) >= 11 is 0. The predicted molar refractivity (Wildman–Crippen MR) is 381 cm³/mol. The quantitative estimate of drug-likeness (QED) is 0.0222. The van der Waals surface area contributed by atoms with Gasteiger partial charge < -0.3 is 33.8 Å². The molecule has 0 saturated carbocycles. The minimum atomic E-state index is -4.95. The van der Waals surface area contributed by atoms with Crippen LogP contribution in [0.4, 0.5) is 0 Å². The Labute approximate surface area is 575 Å². The van der Waals surface area contributed by atoms with Gasteiger partial charge in [-0.1, -0.05) is 337 Å². The fourth-order valence-corrected chi connectivity index (χ4v) is 13.0. The maximum Gasteiger partial charge on any atom is 0.472 e. The predicted octanol–water partition coefficient (Wildman–Crippen LogP) is 21.9. The summed E-state index contributed by atoms with van der Waals surface area (Å²) in [6.07, 6.45) is 54.7. The third kappa shape index (κ3) is 67.3. The first kappa shape index (κ1) is 92.1. The second-order valence-corrected chi connectivity index (χ2v) is 30.7. The van der Waals surface area contributed by atoms with Crippen molar-refractivity contribution in [3.63, 3.8) is 0 Å². The van der Waals surface area contributed by atoms with Crippen molar-refractivity contribution in [1.82, 2.24) is 0 Å². The van der Waals surface area contributed by atoms with Crippen LogP contribution in [0.2, 0.25) is 0 Å². The molecule has 17 nitrogen and oxygen atoms in total. The van der Waals surface area contributed by atoms with Crippen molar-refractivity contribution in [2.24, 2.45) is 11.8 Å². The van der Waals surface area contributed by atoms with Crippen molar-refractivity contribution >= 4 is 39.5 Å².